The van der Waals surface area contributed by atoms with E-state index in [9.17, 15) is 49.2 Å². The maximum atomic E-state index is 13.5. The Kier molecular flexibility index (Phi) is 12.7. The second-order valence-electron chi connectivity index (χ2n) is 15.5. The minimum Gasteiger partial charge on any atom is -0.504 e. The first-order valence-corrected chi connectivity index (χ1v) is 21.2. The molecule has 0 unspecified atom stereocenters. The molecule has 1 saturated carbocycles. The van der Waals surface area contributed by atoms with E-state index in [1.54, 1.807) is 7.05 Å². The SMILES string of the molecule is C[C@@H]1S[C@@H]2[C@H](NC(=O)/C(=N\OC(C)(C)C(=O)O)c3csc(N)n3)C(=O)N2C(C(=O)O)=C1CNCCC1(CNC(=O)c2cn(C)c3cc(O)c(O)c(Cl)c3c2=O)CCCCC1. The standard InChI is InChI=1S/C38H45ClN8O11S2/c1-17-18(27(34(54)55)47-32(53)26(33(47)60-17)44-31(52)25(20-15-59-36(40)43-20)45-58-37(2,3)35(56)57)13-41-11-10-38(8-6-5-7-9-38)16-42-30(51)19-14-46(4)21-12-22(48)29(50)24(39)23(21)28(19)49/h12,14-15,17,26,33,41,48,50H,5-11,13,16H2,1-4H3,(H2,40,43)(H,42,51)(H,44,52)(H,54,55)(H,56,57)/b45-25-/t17-,26+,33+/m0/s1. The third-order valence-corrected chi connectivity index (χ3v) is 13.6. The lowest BCUT2D eigenvalue weighted by molar-refractivity contribution is -0.161. The molecule has 2 aliphatic heterocycles. The third-order valence-electron chi connectivity index (χ3n) is 11.1. The van der Waals surface area contributed by atoms with Crippen LogP contribution in [0.3, 0.4) is 0 Å². The largest absolute Gasteiger partial charge is 0.504 e. The van der Waals surface area contributed by atoms with Gasteiger partial charge in [0, 0.05) is 43.0 Å². The molecule has 1 aliphatic carbocycles. The predicted molar refractivity (Wildman–Crippen MR) is 223 cm³/mol. The summed E-state index contributed by atoms with van der Waals surface area (Å²) in [4.78, 5) is 88.6. The Morgan fingerprint density at radius 1 is 1.15 bits per heavy atom. The summed E-state index contributed by atoms with van der Waals surface area (Å²) in [5.41, 5.74) is 2.84. The molecule has 0 bridgehead atoms. The number of oxime groups is 1. The van der Waals surface area contributed by atoms with Gasteiger partial charge in [-0.25, -0.2) is 14.6 Å². The summed E-state index contributed by atoms with van der Waals surface area (Å²) >= 11 is 8.51. The Labute approximate surface area is 356 Å². The number of phenolic OH excluding ortho intramolecular Hbond substituents is 2. The number of aromatic nitrogens is 2. The molecule has 1 saturated heterocycles. The highest BCUT2D eigenvalue weighted by Crippen LogP contribution is 2.44. The van der Waals surface area contributed by atoms with Crippen LogP contribution in [-0.4, -0.2) is 112 Å². The number of anilines is 1. The number of rotatable bonds is 15. The molecule has 3 atom stereocenters. The average Bonchev–Trinajstić information content (AvgIpc) is 3.63. The van der Waals surface area contributed by atoms with Gasteiger partial charge in [-0.1, -0.05) is 36.0 Å². The summed E-state index contributed by atoms with van der Waals surface area (Å²) in [6, 6.07) is 0.0549. The fraction of sp³-hybridized carbons (Fsp3) is 0.474. The topological polar surface area (TPSA) is 288 Å². The number of aliphatic carboxylic acids is 2. The minimum atomic E-state index is -1.81. The highest BCUT2D eigenvalue weighted by molar-refractivity contribution is 8.00. The molecular weight excluding hydrogens is 844 g/mol. The number of halogens is 1. The molecule has 2 aromatic heterocycles. The Hall–Kier alpha value is -5.38. The number of carbonyl (C=O) groups is 5. The van der Waals surface area contributed by atoms with Crippen LogP contribution in [0.2, 0.25) is 5.02 Å². The lowest BCUT2D eigenvalue weighted by Gasteiger charge is -2.51. The number of benzene rings is 1. The van der Waals surface area contributed by atoms with Crippen molar-refractivity contribution in [2.45, 2.75) is 81.6 Å². The van der Waals surface area contributed by atoms with Gasteiger partial charge in [-0.05, 0) is 57.6 Å². The van der Waals surface area contributed by atoms with Crippen LogP contribution in [0.1, 0.15) is 75.3 Å². The summed E-state index contributed by atoms with van der Waals surface area (Å²) in [7, 11) is 1.59. The number of pyridine rings is 1. The molecule has 4 heterocycles. The molecule has 0 spiro atoms. The van der Waals surface area contributed by atoms with Crippen molar-refractivity contribution in [1.29, 1.82) is 0 Å². The van der Waals surface area contributed by atoms with Crippen molar-refractivity contribution in [3.63, 3.8) is 0 Å². The molecule has 1 aromatic carbocycles. The monoisotopic (exact) mass is 888 g/mol. The van der Waals surface area contributed by atoms with Crippen molar-refractivity contribution in [2.75, 3.05) is 25.4 Å². The van der Waals surface area contributed by atoms with Crippen molar-refractivity contribution in [3.05, 3.63) is 55.4 Å². The number of β-lactam (4-membered cyclic amide) rings is 1. The van der Waals surface area contributed by atoms with Crippen LogP contribution < -0.4 is 27.1 Å². The van der Waals surface area contributed by atoms with E-state index < -0.39 is 74.6 Å². The lowest BCUT2D eigenvalue weighted by Crippen LogP contribution is -2.71. The van der Waals surface area contributed by atoms with Gasteiger partial charge >= 0.3 is 11.9 Å². The van der Waals surface area contributed by atoms with Gasteiger partial charge in [0.2, 0.25) is 11.0 Å². The van der Waals surface area contributed by atoms with Crippen LogP contribution in [0.25, 0.3) is 10.9 Å². The summed E-state index contributed by atoms with van der Waals surface area (Å²) in [6.45, 7) is 5.12. The van der Waals surface area contributed by atoms with Crippen molar-refractivity contribution >= 4 is 86.1 Å². The van der Waals surface area contributed by atoms with Gasteiger partial charge in [0.1, 0.15) is 28.4 Å². The molecule has 2 fully saturated rings. The zero-order chi connectivity index (χ0) is 43.8. The van der Waals surface area contributed by atoms with Crippen LogP contribution in [0, 0.1) is 5.41 Å². The van der Waals surface area contributed by atoms with E-state index in [0.29, 0.717) is 18.5 Å². The van der Waals surface area contributed by atoms with Crippen LogP contribution >= 0.6 is 34.7 Å². The number of thiazole rings is 1. The van der Waals surface area contributed by atoms with Crippen molar-refractivity contribution in [3.8, 4) is 11.5 Å². The van der Waals surface area contributed by atoms with Crippen LogP contribution in [0.4, 0.5) is 5.13 Å². The molecule has 0 radical (unpaired) electrons. The number of aryl methyl sites for hydroxylation is 1. The van der Waals surface area contributed by atoms with Gasteiger partial charge in [-0.3, -0.25) is 24.1 Å². The zero-order valence-corrected chi connectivity index (χ0v) is 35.4. The van der Waals surface area contributed by atoms with E-state index in [-0.39, 0.29) is 56.5 Å². The van der Waals surface area contributed by atoms with Gasteiger partial charge in [0.15, 0.2) is 22.3 Å². The third kappa shape index (κ3) is 8.61. The number of carboxylic acids is 2. The van der Waals surface area contributed by atoms with E-state index in [4.69, 9.17) is 22.2 Å². The molecule has 3 aliphatic rings. The first-order chi connectivity index (χ1) is 28.3. The molecule has 19 nitrogen and oxygen atoms in total. The van der Waals surface area contributed by atoms with Gasteiger partial charge in [0.25, 0.3) is 17.7 Å². The lowest BCUT2D eigenvalue weighted by atomic mass is 9.71. The quantitative estimate of drug-likeness (QED) is 0.0358. The number of nitrogen functional groups attached to an aromatic ring is 1. The molecule has 322 valence electrons. The number of hydrogen-bond acceptors (Lipinski definition) is 15. The van der Waals surface area contributed by atoms with Crippen molar-refractivity contribution in [1.82, 2.24) is 30.4 Å². The molecular formula is C38H45ClN8O11S2. The Balaban J connectivity index is 1.12. The summed E-state index contributed by atoms with van der Waals surface area (Å²) in [6.07, 6.45) is 6.48. The molecule has 6 rings (SSSR count). The number of thioether (sulfide) groups is 1. The van der Waals surface area contributed by atoms with E-state index in [2.05, 4.69) is 26.1 Å². The first kappa shape index (κ1) is 44.2. The van der Waals surface area contributed by atoms with E-state index >= 15 is 0 Å². The number of carboxylic acid groups (broad SMARTS) is 2. The van der Waals surface area contributed by atoms with Crippen molar-refractivity contribution < 1.29 is 49.2 Å². The minimum absolute atomic E-state index is 0.00753. The number of amides is 3. The number of nitrogens with one attached hydrogen (secondary N) is 3. The zero-order valence-electron chi connectivity index (χ0n) is 33.0. The fourth-order valence-corrected chi connectivity index (χ4v) is 9.85. The predicted octanol–water partition coefficient (Wildman–Crippen LogP) is 2.71. The van der Waals surface area contributed by atoms with Gasteiger partial charge in [-0.15, -0.1) is 23.1 Å². The number of phenols is 2. The normalized spacial score (nSPS) is 20.4. The Morgan fingerprint density at radius 3 is 2.48 bits per heavy atom. The Bertz CT molecular complexity index is 2390. The molecule has 22 heteroatoms. The number of fused-ring (bicyclic) bond motifs is 2. The molecule has 3 amide bonds. The maximum absolute atomic E-state index is 13.5. The van der Waals surface area contributed by atoms with E-state index in [0.717, 1.165) is 48.3 Å². The molecule has 60 heavy (non-hydrogen) atoms. The average molecular weight is 889 g/mol. The van der Waals surface area contributed by atoms with E-state index in [1.807, 2.05) is 6.92 Å². The van der Waals surface area contributed by atoms with Gasteiger partial charge < -0.3 is 51.5 Å². The number of carbonyl (C=O) groups excluding carboxylic acids is 3. The second kappa shape index (κ2) is 17.3. The van der Waals surface area contributed by atoms with Crippen LogP contribution in [-0.2, 0) is 31.1 Å². The summed E-state index contributed by atoms with van der Waals surface area (Å²) in [5, 5.41) is 52.5. The number of nitrogens with two attached hydrogens (primary N) is 1. The summed E-state index contributed by atoms with van der Waals surface area (Å²) < 4.78 is 1.47. The number of aromatic hydroxyl groups is 2. The van der Waals surface area contributed by atoms with Crippen molar-refractivity contribution in [2.24, 2.45) is 17.6 Å². The smallest absolute Gasteiger partial charge is 0.352 e. The first-order valence-electron chi connectivity index (χ1n) is 19.0. The second-order valence-corrected chi connectivity index (χ2v) is 18.3. The fourth-order valence-electron chi connectivity index (χ4n) is 7.57. The van der Waals surface area contributed by atoms with Crippen LogP contribution in [0.5, 0.6) is 11.5 Å². The maximum Gasteiger partial charge on any atom is 0.352 e. The number of nitrogens with zero attached hydrogens (tertiary/aromatic N) is 4. The molecule has 9 N–H and O–H groups in total. The highest BCUT2D eigenvalue weighted by Gasteiger charge is 2.56. The van der Waals surface area contributed by atoms with Crippen LogP contribution in [0.15, 0.2) is 38.9 Å². The molecule has 3 aromatic rings. The van der Waals surface area contributed by atoms with Gasteiger partial charge in [-0.2, -0.15) is 0 Å². The van der Waals surface area contributed by atoms with E-state index in [1.165, 1.54) is 47.8 Å². The summed E-state index contributed by atoms with van der Waals surface area (Å²) in [5.74, 6) is -5.99. The van der Waals surface area contributed by atoms with Gasteiger partial charge in [0.05, 0.1) is 15.9 Å². The number of hydrogen-bond donors (Lipinski definition) is 8. The highest BCUT2D eigenvalue weighted by atomic mass is 35.5. The Morgan fingerprint density at radius 2 is 1.85 bits per heavy atom.